The number of carbonyl (C=O) groups excluding carboxylic acids is 4. The molecule has 8 heteroatoms. The van der Waals surface area contributed by atoms with E-state index in [4.69, 9.17) is 0 Å². The predicted molar refractivity (Wildman–Crippen MR) is 126 cm³/mol. The number of likely N-dealkylation sites (tertiary alicyclic amines) is 1. The van der Waals surface area contributed by atoms with Gasteiger partial charge in [-0.15, -0.1) is 0 Å². The molecular formula is C25H30N4O4. The van der Waals surface area contributed by atoms with E-state index in [9.17, 15) is 19.2 Å². The van der Waals surface area contributed by atoms with Crippen molar-refractivity contribution in [1.29, 1.82) is 0 Å². The van der Waals surface area contributed by atoms with Gasteiger partial charge in [0.15, 0.2) is 0 Å². The number of likely N-dealkylation sites (N-methyl/N-ethyl adjacent to an activating group) is 1. The molecule has 174 valence electrons. The van der Waals surface area contributed by atoms with Crippen LogP contribution in [-0.4, -0.2) is 53.1 Å². The average Bonchev–Trinajstić information content (AvgIpc) is 3.14. The van der Waals surface area contributed by atoms with Crippen LogP contribution in [0.2, 0.25) is 0 Å². The first kappa shape index (κ1) is 24.0. The molecule has 1 fully saturated rings. The van der Waals surface area contributed by atoms with Crippen LogP contribution in [0.1, 0.15) is 31.4 Å². The van der Waals surface area contributed by atoms with Crippen molar-refractivity contribution in [3.63, 3.8) is 0 Å². The number of carbonyl (C=O) groups is 4. The van der Waals surface area contributed by atoms with Gasteiger partial charge in [0.2, 0.25) is 23.6 Å². The summed E-state index contributed by atoms with van der Waals surface area (Å²) in [6, 6.07) is 14.7. The van der Waals surface area contributed by atoms with Crippen molar-refractivity contribution in [2.24, 2.45) is 5.92 Å². The summed E-state index contributed by atoms with van der Waals surface area (Å²) in [5.41, 5.74) is 3.38. The Balaban J connectivity index is 1.54. The van der Waals surface area contributed by atoms with E-state index in [0.29, 0.717) is 31.0 Å². The molecule has 1 aliphatic rings. The van der Waals surface area contributed by atoms with Crippen molar-refractivity contribution >= 4 is 35.0 Å². The number of hydrogen-bond donors (Lipinski definition) is 2. The number of rotatable bonds is 8. The minimum atomic E-state index is -0.451. The monoisotopic (exact) mass is 450 g/mol. The van der Waals surface area contributed by atoms with Crippen molar-refractivity contribution in [3.8, 4) is 0 Å². The molecular weight excluding hydrogens is 420 g/mol. The van der Waals surface area contributed by atoms with Crippen LogP contribution < -0.4 is 10.6 Å². The quantitative estimate of drug-likeness (QED) is 0.646. The molecule has 8 nitrogen and oxygen atoms in total. The molecule has 1 aliphatic heterocycles. The maximum atomic E-state index is 13.0. The Morgan fingerprint density at radius 1 is 1.00 bits per heavy atom. The molecule has 2 N–H and O–H groups in total. The molecule has 1 saturated heterocycles. The van der Waals surface area contributed by atoms with Crippen LogP contribution in [0.5, 0.6) is 0 Å². The third kappa shape index (κ3) is 6.65. The van der Waals surface area contributed by atoms with E-state index in [0.717, 1.165) is 11.1 Å². The van der Waals surface area contributed by atoms with E-state index in [2.05, 4.69) is 10.6 Å². The molecule has 0 aromatic heterocycles. The third-order valence-corrected chi connectivity index (χ3v) is 5.57. The van der Waals surface area contributed by atoms with Crippen LogP contribution in [0.25, 0.3) is 0 Å². The molecule has 1 atom stereocenters. The molecule has 2 aromatic rings. The molecule has 0 spiro atoms. The minimum Gasteiger partial charge on any atom is -0.338 e. The van der Waals surface area contributed by atoms with Gasteiger partial charge in [-0.05, 0) is 43.7 Å². The molecule has 0 bridgehead atoms. The molecule has 1 heterocycles. The maximum Gasteiger partial charge on any atom is 0.243 e. The zero-order chi connectivity index (χ0) is 24.0. The normalized spacial score (nSPS) is 15.3. The zero-order valence-corrected chi connectivity index (χ0v) is 19.3. The van der Waals surface area contributed by atoms with Crippen molar-refractivity contribution in [3.05, 3.63) is 59.7 Å². The van der Waals surface area contributed by atoms with Crippen LogP contribution >= 0.6 is 0 Å². The standard InChI is InChI=1S/C25H30N4O4/c1-4-28(16-23(31)27-22-11-9-21(10-12-22)26-18(3)30)25(33)20-13-24(32)29(15-20)14-19-7-5-17(2)6-8-19/h5-12,20H,4,13-16H2,1-3H3,(H,26,30)(H,27,31)/t20-/m0/s1. The number of amides is 4. The SMILES string of the molecule is CCN(CC(=O)Nc1ccc(NC(C)=O)cc1)C(=O)[C@H]1CC(=O)N(Cc2ccc(C)cc2)C1. The fourth-order valence-corrected chi connectivity index (χ4v) is 3.82. The number of hydrogen-bond acceptors (Lipinski definition) is 4. The van der Waals surface area contributed by atoms with Gasteiger partial charge in [-0.3, -0.25) is 19.2 Å². The van der Waals surface area contributed by atoms with E-state index in [1.807, 2.05) is 38.1 Å². The Morgan fingerprint density at radius 2 is 1.61 bits per heavy atom. The van der Waals surface area contributed by atoms with Crippen LogP contribution in [-0.2, 0) is 25.7 Å². The Labute approximate surface area is 193 Å². The van der Waals surface area contributed by atoms with Crippen molar-refractivity contribution in [1.82, 2.24) is 9.80 Å². The van der Waals surface area contributed by atoms with Gasteiger partial charge in [-0.2, -0.15) is 0 Å². The molecule has 0 unspecified atom stereocenters. The summed E-state index contributed by atoms with van der Waals surface area (Å²) in [6.07, 6.45) is 0.160. The number of aryl methyl sites for hydroxylation is 1. The molecule has 0 saturated carbocycles. The van der Waals surface area contributed by atoms with Gasteiger partial charge in [-0.25, -0.2) is 0 Å². The minimum absolute atomic E-state index is 0.0475. The Kier molecular flexibility index (Phi) is 7.82. The predicted octanol–water partition coefficient (Wildman–Crippen LogP) is 2.79. The summed E-state index contributed by atoms with van der Waals surface area (Å²) >= 11 is 0. The van der Waals surface area contributed by atoms with Gasteiger partial charge in [0.1, 0.15) is 0 Å². The molecule has 33 heavy (non-hydrogen) atoms. The Hall–Kier alpha value is -3.68. The highest BCUT2D eigenvalue weighted by Crippen LogP contribution is 2.22. The summed E-state index contributed by atoms with van der Waals surface area (Å²) in [7, 11) is 0. The second kappa shape index (κ2) is 10.8. The lowest BCUT2D eigenvalue weighted by atomic mass is 10.1. The van der Waals surface area contributed by atoms with E-state index in [1.54, 1.807) is 29.2 Å². The first-order chi connectivity index (χ1) is 15.7. The number of nitrogens with one attached hydrogen (secondary N) is 2. The summed E-state index contributed by atoms with van der Waals surface area (Å²) in [5.74, 6) is -1.18. The van der Waals surface area contributed by atoms with Gasteiger partial charge >= 0.3 is 0 Å². The topological polar surface area (TPSA) is 98.8 Å². The van der Waals surface area contributed by atoms with Crippen molar-refractivity contribution < 1.29 is 19.2 Å². The van der Waals surface area contributed by atoms with E-state index < -0.39 is 5.92 Å². The largest absolute Gasteiger partial charge is 0.338 e. The van der Waals surface area contributed by atoms with Gasteiger partial charge in [0.05, 0.1) is 12.5 Å². The first-order valence-electron chi connectivity index (χ1n) is 11.0. The van der Waals surface area contributed by atoms with Gasteiger partial charge in [0.25, 0.3) is 0 Å². The summed E-state index contributed by atoms with van der Waals surface area (Å²) in [4.78, 5) is 52.3. The van der Waals surface area contributed by atoms with Gasteiger partial charge < -0.3 is 20.4 Å². The van der Waals surface area contributed by atoms with Crippen LogP contribution in [0.15, 0.2) is 48.5 Å². The number of anilines is 2. The Bertz CT molecular complexity index is 1020. The fourth-order valence-electron chi connectivity index (χ4n) is 3.82. The number of nitrogens with zero attached hydrogens (tertiary/aromatic N) is 2. The molecule has 0 aliphatic carbocycles. The third-order valence-electron chi connectivity index (χ3n) is 5.57. The van der Waals surface area contributed by atoms with E-state index in [-0.39, 0.29) is 36.6 Å². The maximum absolute atomic E-state index is 13.0. The highest BCUT2D eigenvalue weighted by Gasteiger charge is 2.36. The highest BCUT2D eigenvalue weighted by molar-refractivity contribution is 5.96. The summed E-state index contributed by atoms with van der Waals surface area (Å²) in [6.45, 7) is 6.36. The molecule has 3 rings (SSSR count). The average molecular weight is 451 g/mol. The smallest absolute Gasteiger partial charge is 0.243 e. The van der Waals surface area contributed by atoms with E-state index >= 15 is 0 Å². The fraction of sp³-hybridized carbons (Fsp3) is 0.360. The van der Waals surface area contributed by atoms with Crippen LogP contribution in [0.3, 0.4) is 0 Å². The Morgan fingerprint density at radius 3 is 2.18 bits per heavy atom. The van der Waals surface area contributed by atoms with Crippen molar-refractivity contribution in [2.45, 2.75) is 33.7 Å². The van der Waals surface area contributed by atoms with Crippen LogP contribution in [0, 0.1) is 12.8 Å². The summed E-state index contributed by atoms with van der Waals surface area (Å²) in [5, 5.41) is 5.43. The first-order valence-corrected chi connectivity index (χ1v) is 11.0. The lowest BCUT2D eigenvalue weighted by Gasteiger charge is -2.24. The summed E-state index contributed by atoms with van der Waals surface area (Å²) < 4.78 is 0. The molecule has 2 aromatic carbocycles. The molecule has 0 radical (unpaired) electrons. The second-order valence-electron chi connectivity index (χ2n) is 8.32. The lowest BCUT2D eigenvalue weighted by Crippen LogP contribution is -2.42. The second-order valence-corrected chi connectivity index (χ2v) is 8.32. The lowest BCUT2D eigenvalue weighted by molar-refractivity contribution is -0.138. The van der Waals surface area contributed by atoms with Crippen molar-refractivity contribution in [2.75, 3.05) is 30.3 Å². The van der Waals surface area contributed by atoms with Gasteiger partial charge in [0, 0.05) is 44.4 Å². The van der Waals surface area contributed by atoms with E-state index in [1.165, 1.54) is 11.8 Å². The van der Waals surface area contributed by atoms with Crippen LogP contribution in [0.4, 0.5) is 11.4 Å². The zero-order valence-electron chi connectivity index (χ0n) is 19.3. The highest BCUT2D eigenvalue weighted by atomic mass is 16.2. The number of benzene rings is 2. The van der Waals surface area contributed by atoms with Gasteiger partial charge in [-0.1, -0.05) is 29.8 Å². The molecule has 4 amide bonds.